The molecule has 3 nitrogen and oxygen atoms in total. The Morgan fingerprint density at radius 1 is 1.41 bits per heavy atom. The highest BCUT2D eigenvalue weighted by Crippen LogP contribution is 2.35. The van der Waals surface area contributed by atoms with Crippen LogP contribution in [0.15, 0.2) is 60.4 Å². The summed E-state index contributed by atoms with van der Waals surface area (Å²) in [5.74, 6) is 0.101. The first-order valence-corrected chi connectivity index (χ1v) is 9.66. The SMILES string of the molecule is CC/C=C/[C@H]1CCC[C@@H]1CC=C=CC(F)C(C)(Oc1ccccc1)C(=O)O. The molecule has 27 heavy (non-hydrogen) atoms. The van der Waals surface area contributed by atoms with E-state index < -0.39 is 17.7 Å². The quantitative estimate of drug-likeness (QED) is 0.445. The van der Waals surface area contributed by atoms with Crippen molar-refractivity contribution in [1.82, 2.24) is 0 Å². The molecule has 2 unspecified atom stereocenters. The van der Waals surface area contributed by atoms with Crippen molar-refractivity contribution < 1.29 is 19.0 Å². The second-order valence-corrected chi connectivity index (χ2v) is 7.19. The van der Waals surface area contributed by atoms with Crippen LogP contribution in [-0.4, -0.2) is 22.8 Å². The van der Waals surface area contributed by atoms with Crippen LogP contribution in [0.3, 0.4) is 0 Å². The number of benzene rings is 1. The molecule has 1 aliphatic rings. The molecule has 4 heteroatoms. The minimum atomic E-state index is -2.00. The number of rotatable bonds is 9. The second kappa shape index (κ2) is 10.1. The first kappa shape index (κ1) is 21.0. The van der Waals surface area contributed by atoms with Crippen LogP contribution in [0.2, 0.25) is 0 Å². The van der Waals surface area contributed by atoms with Crippen molar-refractivity contribution in [2.75, 3.05) is 0 Å². The molecule has 4 atom stereocenters. The maximum atomic E-state index is 14.7. The molecule has 1 aliphatic carbocycles. The number of hydrogen-bond acceptors (Lipinski definition) is 2. The molecule has 1 aromatic rings. The van der Waals surface area contributed by atoms with Crippen molar-refractivity contribution in [2.45, 2.75) is 57.7 Å². The minimum Gasteiger partial charge on any atom is -0.478 e. The molecule has 1 saturated carbocycles. The van der Waals surface area contributed by atoms with Crippen molar-refractivity contribution in [3.05, 3.63) is 60.4 Å². The standard InChI is InChI=1S/C23H29FO3/c1-3-4-11-18-13-10-14-19(18)12-8-9-17-21(24)23(2,22(25)26)27-20-15-6-5-7-16-20/h4-8,11,15-19,21H,3,10,12-14H2,1-2H3,(H,25,26)/b11-4+/t9?,18-,19-,21?,23?/m0/s1. The van der Waals surface area contributed by atoms with Gasteiger partial charge >= 0.3 is 5.97 Å². The van der Waals surface area contributed by atoms with Crippen LogP contribution >= 0.6 is 0 Å². The smallest absolute Gasteiger partial charge is 0.351 e. The number of hydrogen-bond donors (Lipinski definition) is 1. The number of ether oxygens (including phenoxy) is 1. The number of alkyl halides is 1. The van der Waals surface area contributed by atoms with E-state index in [9.17, 15) is 14.3 Å². The summed E-state index contributed by atoms with van der Waals surface area (Å²) < 4.78 is 20.1. The Morgan fingerprint density at radius 3 is 2.81 bits per heavy atom. The third-order valence-corrected chi connectivity index (χ3v) is 5.14. The van der Waals surface area contributed by atoms with Gasteiger partial charge in [0.15, 0.2) is 6.17 Å². The van der Waals surface area contributed by atoms with Gasteiger partial charge in [-0.05, 0) is 68.7 Å². The predicted molar refractivity (Wildman–Crippen MR) is 106 cm³/mol. The molecule has 1 fully saturated rings. The number of allylic oxidation sites excluding steroid dienone is 2. The van der Waals surface area contributed by atoms with Crippen molar-refractivity contribution in [1.29, 1.82) is 0 Å². The van der Waals surface area contributed by atoms with E-state index in [1.807, 2.05) is 6.08 Å². The normalized spacial score (nSPS) is 22.6. The van der Waals surface area contributed by atoms with Crippen molar-refractivity contribution >= 4 is 5.97 Å². The van der Waals surface area contributed by atoms with E-state index in [1.165, 1.54) is 26.2 Å². The maximum Gasteiger partial charge on any atom is 0.351 e. The van der Waals surface area contributed by atoms with E-state index in [0.717, 1.165) is 18.9 Å². The highest BCUT2D eigenvalue weighted by Gasteiger charge is 2.44. The lowest BCUT2D eigenvalue weighted by Gasteiger charge is -2.27. The molecule has 0 aromatic heterocycles. The summed E-state index contributed by atoms with van der Waals surface area (Å²) >= 11 is 0. The van der Waals surface area contributed by atoms with Crippen LogP contribution in [0.1, 0.15) is 46.0 Å². The summed E-state index contributed by atoms with van der Waals surface area (Å²) in [4.78, 5) is 11.6. The zero-order chi connectivity index (χ0) is 19.7. The summed E-state index contributed by atoms with van der Waals surface area (Å²) in [5.41, 5.74) is 0.845. The molecule has 2 rings (SSSR count). The molecular formula is C23H29FO3. The van der Waals surface area contributed by atoms with Crippen LogP contribution in [0.25, 0.3) is 0 Å². The van der Waals surface area contributed by atoms with Gasteiger partial charge in [0.05, 0.1) is 0 Å². The average molecular weight is 372 g/mol. The summed E-state index contributed by atoms with van der Waals surface area (Å²) in [5, 5.41) is 9.48. The van der Waals surface area contributed by atoms with Gasteiger partial charge in [-0.25, -0.2) is 9.18 Å². The number of carboxylic acid groups (broad SMARTS) is 1. The van der Waals surface area contributed by atoms with Crippen LogP contribution in [-0.2, 0) is 4.79 Å². The summed E-state index contributed by atoms with van der Waals surface area (Å²) in [6.45, 7) is 3.37. The van der Waals surface area contributed by atoms with Crippen LogP contribution in [0.5, 0.6) is 5.75 Å². The monoisotopic (exact) mass is 372 g/mol. The van der Waals surface area contributed by atoms with E-state index in [2.05, 4.69) is 24.8 Å². The Hall–Kier alpha value is -2.32. The van der Waals surface area contributed by atoms with Gasteiger partial charge < -0.3 is 9.84 Å². The van der Waals surface area contributed by atoms with Gasteiger partial charge in [-0.15, -0.1) is 5.73 Å². The van der Waals surface area contributed by atoms with Gasteiger partial charge in [-0.2, -0.15) is 0 Å². The molecule has 0 heterocycles. The van der Waals surface area contributed by atoms with Gasteiger partial charge in [0.25, 0.3) is 0 Å². The Balaban J connectivity index is 2.01. The highest BCUT2D eigenvalue weighted by molar-refractivity contribution is 5.78. The molecule has 0 radical (unpaired) electrons. The van der Waals surface area contributed by atoms with E-state index in [0.29, 0.717) is 17.6 Å². The molecule has 0 saturated heterocycles. The van der Waals surface area contributed by atoms with Crippen molar-refractivity contribution in [3.63, 3.8) is 0 Å². The first-order chi connectivity index (χ1) is 13.0. The third kappa shape index (κ3) is 5.83. The van der Waals surface area contributed by atoms with Crippen molar-refractivity contribution in [2.24, 2.45) is 11.8 Å². The van der Waals surface area contributed by atoms with E-state index in [1.54, 1.807) is 30.3 Å². The van der Waals surface area contributed by atoms with Crippen LogP contribution in [0.4, 0.5) is 4.39 Å². The van der Waals surface area contributed by atoms with Gasteiger partial charge in [-0.3, -0.25) is 0 Å². The second-order valence-electron chi connectivity index (χ2n) is 7.19. The van der Waals surface area contributed by atoms with Gasteiger partial charge in [0, 0.05) is 0 Å². The van der Waals surface area contributed by atoms with Gasteiger partial charge in [0.1, 0.15) is 5.75 Å². The van der Waals surface area contributed by atoms with E-state index in [-0.39, 0.29) is 0 Å². The van der Waals surface area contributed by atoms with E-state index >= 15 is 0 Å². The lowest BCUT2D eigenvalue weighted by molar-refractivity contribution is -0.157. The van der Waals surface area contributed by atoms with Gasteiger partial charge in [0.2, 0.25) is 5.60 Å². The Bertz CT molecular complexity index is 691. The third-order valence-electron chi connectivity index (χ3n) is 5.14. The lowest BCUT2D eigenvalue weighted by Crippen LogP contribution is -2.49. The lowest BCUT2D eigenvalue weighted by atomic mass is 9.92. The summed E-state index contributed by atoms with van der Waals surface area (Å²) in [6.07, 6.45) is 11.1. The van der Waals surface area contributed by atoms with Crippen LogP contribution in [0, 0.1) is 11.8 Å². The summed E-state index contributed by atoms with van der Waals surface area (Å²) in [6, 6.07) is 8.43. The molecule has 0 spiro atoms. The van der Waals surface area contributed by atoms with Crippen molar-refractivity contribution in [3.8, 4) is 5.75 Å². The molecule has 0 amide bonds. The number of para-hydroxylation sites is 1. The Morgan fingerprint density at radius 2 is 2.15 bits per heavy atom. The fourth-order valence-corrected chi connectivity index (χ4v) is 3.40. The zero-order valence-corrected chi connectivity index (χ0v) is 16.1. The molecule has 1 aromatic carbocycles. The zero-order valence-electron chi connectivity index (χ0n) is 16.1. The molecule has 146 valence electrons. The fourth-order valence-electron chi connectivity index (χ4n) is 3.40. The first-order valence-electron chi connectivity index (χ1n) is 9.66. The summed E-state index contributed by atoms with van der Waals surface area (Å²) in [7, 11) is 0. The number of halogens is 1. The minimum absolute atomic E-state index is 0.318. The number of carbonyl (C=O) groups is 1. The molecule has 0 aliphatic heterocycles. The molecular weight excluding hydrogens is 343 g/mol. The predicted octanol–water partition coefficient (Wildman–Crippen LogP) is 5.73. The molecule has 1 N–H and O–H groups in total. The number of aliphatic carboxylic acids is 1. The highest BCUT2D eigenvalue weighted by atomic mass is 19.1. The Kier molecular flexibility index (Phi) is 7.87. The number of carboxylic acids is 1. The topological polar surface area (TPSA) is 46.5 Å². The van der Waals surface area contributed by atoms with E-state index in [4.69, 9.17) is 4.74 Å². The largest absolute Gasteiger partial charge is 0.478 e. The Labute approximate surface area is 161 Å². The maximum absolute atomic E-state index is 14.7. The van der Waals surface area contributed by atoms with Gasteiger partial charge in [-0.1, -0.05) is 43.7 Å². The average Bonchev–Trinajstić information content (AvgIpc) is 3.11. The fraction of sp³-hybridized carbons (Fsp3) is 0.478. The molecule has 0 bridgehead atoms. The van der Waals surface area contributed by atoms with Crippen LogP contribution < -0.4 is 4.74 Å².